The standard InChI is InChI=1S/C60H38N2.C56H36N2/c1-2-14-39(15-3-1)40-16-12-18-45(34-40)61-57-26-10-8-24-52(57)55-37-43(29-32-59(55)61)44-30-33-60-56(38-44)53-25-9-11-27-58(53)62(60)46-19-13-17-41(35-46)42-28-31-51-49-22-5-4-20-47(49)48-21-6-7-23-50(48)54(51)36-42;1-2-12-37(13-3-1)39-15-10-17-45(33-39)57-53-22-8-6-20-49(53)51-35-42(27-30-55(51)57)43-28-31-56-52(36-43)50-21-7-9-23-54(50)58(56)46-18-11-16-40(34-46)41-26-29-48-44(32-41)25-24-38-14-4-5-19-47(38)48/h1-38H;1-36H. The van der Waals surface area contributed by atoms with E-state index in [9.17, 15) is 0 Å². The molecule has 4 aromatic heterocycles. The van der Waals surface area contributed by atoms with Gasteiger partial charge in [-0.2, -0.15) is 0 Å². The second-order valence-electron chi connectivity index (χ2n) is 31.8. The van der Waals surface area contributed by atoms with Crippen LogP contribution in [0.15, 0.2) is 449 Å². The lowest BCUT2D eigenvalue weighted by Crippen LogP contribution is -1.94. The van der Waals surface area contributed by atoms with Crippen molar-refractivity contribution in [3.8, 4) is 89.5 Å². The fourth-order valence-corrected chi connectivity index (χ4v) is 19.6. The van der Waals surface area contributed by atoms with Crippen LogP contribution in [0.1, 0.15) is 0 Å². The highest BCUT2D eigenvalue weighted by molar-refractivity contribution is 6.26. The second kappa shape index (κ2) is 28.0. The molecule has 0 aliphatic heterocycles. The number of hydrogen-bond acceptors (Lipinski definition) is 0. The smallest absolute Gasteiger partial charge is 0.0541 e. The van der Waals surface area contributed by atoms with Gasteiger partial charge in [0.15, 0.2) is 0 Å². The molecule has 4 nitrogen and oxygen atoms in total. The molecule has 0 saturated heterocycles. The van der Waals surface area contributed by atoms with Crippen molar-refractivity contribution in [3.05, 3.63) is 449 Å². The molecule has 0 amide bonds. The summed E-state index contributed by atoms with van der Waals surface area (Å²) in [6.45, 7) is 0. The monoisotopic (exact) mass is 1520 g/mol. The lowest BCUT2D eigenvalue weighted by Gasteiger charge is -2.13. The van der Waals surface area contributed by atoms with Crippen LogP contribution in [0.3, 0.4) is 0 Å². The molecule has 25 aromatic rings. The minimum Gasteiger partial charge on any atom is -0.309 e. The van der Waals surface area contributed by atoms with E-state index in [1.807, 2.05) is 0 Å². The van der Waals surface area contributed by atoms with Gasteiger partial charge in [0.1, 0.15) is 0 Å². The largest absolute Gasteiger partial charge is 0.309 e. The Morgan fingerprint density at radius 3 is 0.692 bits per heavy atom. The highest BCUT2D eigenvalue weighted by atomic mass is 15.0. The quantitative estimate of drug-likeness (QED) is 0.122. The van der Waals surface area contributed by atoms with Gasteiger partial charge in [-0.3, -0.25) is 0 Å². The van der Waals surface area contributed by atoms with Crippen LogP contribution in [0.25, 0.3) is 231 Å². The van der Waals surface area contributed by atoms with Crippen molar-refractivity contribution in [2.75, 3.05) is 0 Å². The first-order valence-corrected chi connectivity index (χ1v) is 41.4. The Morgan fingerprint density at radius 2 is 0.325 bits per heavy atom. The van der Waals surface area contributed by atoms with Crippen molar-refractivity contribution in [3.63, 3.8) is 0 Å². The van der Waals surface area contributed by atoms with Crippen LogP contribution in [-0.2, 0) is 0 Å². The normalized spacial score (nSPS) is 11.8. The zero-order chi connectivity index (χ0) is 78.9. The number of aromatic nitrogens is 4. The van der Waals surface area contributed by atoms with Gasteiger partial charge in [-0.05, 0) is 254 Å². The summed E-state index contributed by atoms with van der Waals surface area (Å²) in [7, 11) is 0. The third kappa shape index (κ3) is 11.3. The van der Waals surface area contributed by atoms with E-state index >= 15 is 0 Å². The van der Waals surface area contributed by atoms with E-state index in [4.69, 9.17) is 0 Å². The van der Waals surface area contributed by atoms with Gasteiger partial charge in [0.25, 0.3) is 0 Å². The van der Waals surface area contributed by atoms with Crippen molar-refractivity contribution in [1.82, 2.24) is 18.3 Å². The van der Waals surface area contributed by atoms with E-state index in [-0.39, 0.29) is 0 Å². The SMILES string of the molecule is c1ccc(-c2cccc(-n3c4ccccc4c4cc(-c5ccc6c(c5)c5ccccc5n6-c5cccc(-c6ccc7c(ccc8ccccc87)c6)c5)ccc43)c2)cc1.c1ccc(-c2cccc(-n3c4ccccc4c4cc(-c5ccc6c(c5)c5ccccc5n6-c5cccc(-c6ccc7c8ccccc8c8ccccc8c7c6)c5)ccc43)c2)cc1. The molecule has 558 valence electrons. The van der Waals surface area contributed by atoms with Crippen LogP contribution in [-0.4, -0.2) is 18.3 Å². The van der Waals surface area contributed by atoms with Crippen molar-refractivity contribution in [2.24, 2.45) is 0 Å². The Labute approximate surface area is 693 Å². The van der Waals surface area contributed by atoms with Crippen LogP contribution in [0.4, 0.5) is 0 Å². The fraction of sp³-hybridized carbons (Fsp3) is 0. The molecule has 0 unspecified atom stereocenters. The molecule has 0 aliphatic rings. The van der Waals surface area contributed by atoms with Gasteiger partial charge in [0.2, 0.25) is 0 Å². The van der Waals surface area contributed by atoms with Crippen LogP contribution in [0, 0.1) is 0 Å². The van der Waals surface area contributed by atoms with Gasteiger partial charge >= 0.3 is 0 Å². The summed E-state index contributed by atoms with van der Waals surface area (Å²) in [4.78, 5) is 0. The summed E-state index contributed by atoms with van der Waals surface area (Å²) in [5.74, 6) is 0. The third-order valence-corrected chi connectivity index (χ3v) is 25.1. The minimum absolute atomic E-state index is 1.15. The highest BCUT2D eigenvalue weighted by Gasteiger charge is 2.22. The van der Waals surface area contributed by atoms with Crippen molar-refractivity contribution < 1.29 is 0 Å². The average Bonchev–Trinajstić information content (AvgIpc) is 1.47. The summed E-state index contributed by atoms with van der Waals surface area (Å²) in [5.41, 5.74) is 28.7. The van der Waals surface area contributed by atoms with Crippen molar-refractivity contribution in [1.29, 1.82) is 0 Å². The number of fused-ring (bicyclic) bond motifs is 21. The predicted octanol–water partition coefficient (Wildman–Crippen LogP) is 31.5. The molecule has 0 atom stereocenters. The van der Waals surface area contributed by atoms with Gasteiger partial charge in [0, 0.05) is 65.8 Å². The molecule has 0 N–H and O–H groups in total. The average molecular weight is 1520 g/mol. The van der Waals surface area contributed by atoms with Crippen LogP contribution < -0.4 is 0 Å². The van der Waals surface area contributed by atoms with E-state index < -0.39 is 0 Å². The fourth-order valence-electron chi connectivity index (χ4n) is 19.6. The van der Waals surface area contributed by atoms with Crippen LogP contribution in [0.2, 0.25) is 0 Å². The molecule has 21 aromatic carbocycles. The molecule has 25 rings (SSSR count). The Kier molecular flexibility index (Phi) is 16.0. The molecule has 0 bridgehead atoms. The van der Waals surface area contributed by atoms with E-state index in [0.29, 0.717) is 0 Å². The van der Waals surface area contributed by atoms with E-state index in [1.54, 1.807) is 0 Å². The molecular weight excluding hydrogens is 1450 g/mol. The Bertz CT molecular complexity index is 8450. The number of nitrogens with zero attached hydrogens (tertiary/aromatic N) is 4. The van der Waals surface area contributed by atoms with Crippen molar-refractivity contribution >= 4 is 141 Å². The number of hydrogen-bond donors (Lipinski definition) is 0. The Balaban J connectivity index is 0.000000137. The zero-order valence-electron chi connectivity index (χ0n) is 65.5. The summed E-state index contributed by atoms with van der Waals surface area (Å²) >= 11 is 0. The number of para-hydroxylation sites is 4. The topological polar surface area (TPSA) is 19.7 Å². The lowest BCUT2D eigenvalue weighted by atomic mass is 9.92. The molecule has 4 heteroatoms. The second-order valence-corrected chi connectivity index (χ2v) is 31.8. The summed E-state index contributed by atoms with van der Waals surface area (Å²) in [6.07, 6.45) is 0. The van der Waals surface area contributed by atoms with Crippen LogP contribution in [0.5, 0.6) is 0 Å². The molecule has 120 heavy (non-hydrogen) atoms. The minimum atomic E-state index is 1.15. The molecule has 4 heterocycles. The third-order valence-electron chi connectivity index (χ3n) is 25.1. The summed E-state index contributed by atoms with van der Waals surface area (Å²) in [5, 5.41) is 22.8. The molecular formula is C116H74N4. The van der Waals surface area contributed by atoms with Gasteiger partial charge < -0.3 is 18.3 Å². The van der Waals surface area contributed by atoms with Gasteiger partial charge in [-0.1, -0.05) is 315 Å². The summed E-state index contributed by atoms with van der Waals surface area (Å²) < 4.78 is 9.68. The van der Waals surface area contributed by atoms with E-state index in [2.05, 4.69) is 467 Å². The van der Waals surface area contributed by atoms with Crippen LogP contribution >= 0.6 is 0 Å². The predicted molar refractivity (Wildman–Crippen MR) is 510 cm³/mol. The summed E-state index contributed by atoms with van der Waals surface area (Å²) in [6, 6.07) is 165. The van der Waals surface area contributed by atoms with Gasteiger partial charge in [-0.15, -0.1) is 0 Å². The molecule has 0 aliphatic carbocycles. The van der Waals surface area contributed by atoms with Gasteiger partial charge in [0.05, 0.1) is 44.1 Å². The Hall–Kier alpha value is -15.9. The zero-order valence-corrected chi connectivity index (χ0v) is 65.5. The number of benzene rings is 21. The Morgan fingerprint density at radius 1 is 0.100 bits per heavy atom. The highest BCUT2D eigenvalue weighted by Crippen LogP contribution is 2.45. The molecule has 0 saturated carbocycles. The first-order chi connectivity index (χ1) is 59.5. The maximum absolute atomic E-state index is 2.43. The first kappa shape index (κ1) is 68.5. The lowest BCUT2D eigenvalue weighted by molar-refractivity contribution is 1.18. The maximum atomic E-state index is 2.43. The van der Waals surface area contributed by atoms with E-state index in [1.165, 1.54) is 208 Å². The molecule has 0 spiro atoms. The maximum Gasteiger partial charge on any atom is 0.0541 e. The molecule has 0 radical (unpaired) electrons. The van der Waals surface area contributed by atoms with Crippen molar-refractivity contribution in [2.45, 2.75) is 0 Å². The van der Waals surface area contributed by atoms with E-state index in [0.717, 1.165) is 22.7 Å². The van der Waals surface area contributed by atoms with Gasteiger partial charge in [-0.25, -0.2) is 0 Å². The molecule has 0 fully saturated rings. The number of rotatable bonds is 10. The first-order valence-electron chi connectivity index (χ1n) is 41.4.